The van der Waals surface area contributed by atoms with Gasteiger partial charge in [-0.05, 0) is 72.6 Å². The second kappa shape index (κ2) is 9.73. The second-order valence-corrected chi connectivity index (χ2v) is 7.77. The number of aryl methyl sites for hydroxylation is 1. The van der Waals surface area contributed by atoms with Gasteiger partial charge in [-0.15, -0.1) is 0 Å². The Morgan fingerprint density at radius 1 is 1.12 bits per heavy atom. The molecule has 1 N–H and O–H groups in total. The number of likely N-dealkylation sites (tertiary alicyclic amines) is 1. The molecule has 25 heavy (non-hydrogen) atoms. The summed E-state index contributed by atoms with van der Waals surface area (Å²) in [5, 5.41) is 7.53. The predicted octanol–water partition coefficient (Wildman–Crippen LogP) is 4.10. The molecule has 0 bridgehead atoms. The van der Waals surface area contributed by atoms with E-state index in [4.69, 9.17) is 0 Å². The van der Waals surface area contributed by atoms with E-state index in [1.807, 2.05) is 6.07 Å². The number of nitrogens with one attached hydrogen (secondary N) is 1. The third-order valence-electron chi connectivity index (χ3n) is 4.99. The lowest BCUT2D eigenvalue weighted by atomic mass is 9.96. The first kappa shape index (κ1) is 18.2. The maximum atomic E-state index is 12.0. The van der Waals surface area contributed by atoms with Crippen LogP contribution in [0.15, 0.2) is 47.2 Å². The van der Waals surface area contributed by atoms with Crippen LogP contribution in [0.25, 0.3) is 0 Å². The highest BCUT2D eigenvalue weighted by Crippen LogP contribution is 2.19. The topological polar surface area (TPSA) is 32.3 Å². The van der Waals surface area contributed by atoms with Crippen molar-refractivity contribution < 1.29 is 4.79 Å². The van der Waals surface area contributed by atoms with Crippen molar-refractivity contribution in [3.05, 3.63) is 58.3 Å². The highest BCUT2D eigenvalue weighted by Gasteiger charge is 2.19. The number of piperidine rings is 1. The molecule has 1 amide bonds. The van der Waals surface area contributed by atoms with Crippen molar-refractivity contribution in [1.82, 2.24) is 10.2 Å². The van der Waals surface area contributed by atoms with Crippen molar-refractivity contribution >= 4 is 17.2 Å². The van der Waals surface area contributed by atoms with Gasteiger partial charge in [0.25, 0.3) is 0 Å². The third kappa shape index (κ3) is 6.29. The fourth-order valence-electron chi connectivity index (χ4n) is 3.43. The highest BCUT2D eigenvalue weighted by molar-refractivity contribution is 7.07. The molecule has 2 aromatic rings. The zero-order valence-electron chi connectivity index (χ0n) is 14.8. The Morgan fingerprint density at radius 3 is 2.64 bits per heavy atom. The number of nitrogens with zero attached hydrogens (tertiary/aromatic N) is 1. The Balaban J connectivity index is 1.27. The van der Waals surface area contributed by atoms with Crippen molar-refractivity contribution in [2.24, 2.45) is 5.92 Å². The molecule has 1 aromatic heterocycles. The molecule has 0 unspecified atom stereocenters. The Morgan fingerprint density at radius 2 is 1.92 bits per heavy atom. The number of carbonyl (C=O) groups is 1. The fraction of sp³-hybridized carbons (Fsp3) is 0.476. The summed E-state index contributed by atoms with van der Waals surface area (Å²) in [6.07, 6.45) is 4.92. The maximum Gasteiger partial charge on any atom is 0.220 e. The molecule has 134 valence electrons. The minimum Gasteiger partial charge on any atom is -0.356 e. The molecule has 1 aliphatic heterocycles. The van der Waals surface area contributed by atoms with Crippen molar-refractivity contribution in [1.29, 1.82) is 0 Å². The Kier molecular flexibility index (Phi) is 7.07. The molecule has 0 saturated carbocycles. The van der Waals surface area contributed by atoms with Gasteiger partial charge in [0.2, 0.25) is 5.91 Å². The molecule has 1 fully saturated rings. The van der Waals surface area contributed by atoms with E-state index >= 15 is 0 Å². The quantitative estimate of drug-likeness (QED) is 0.772. The van der Waals surface area contributed by atoms with Gasteiger partial charge < -0.3 is 5.32 Å². The SMILES string of the molecule is O=C(CCCc1ccccc1)NCC1CCN(Cc2ccsc2)CC1. The lowest BCUT2D eigenvalue weighted by Gasteiger charge is -2.31. The van der Waals surface area contributed by atoms with E-state index < -0.39 is 0 Å². The van der Waals surface area contributed by atoms with E-state index in [9.17, 15) is 4.79 Å². The zero-order valence-corrected chi connectivity index (χ0v) is 15.6. The largest absolute Gasteiger partial charge is 0.356 e. The van der Waals surface area contributed by atoms with Crippen LogP contribution in [0.4, 0.5) is 0 Å². The van der Waals surface area contributed by atoms with Crippen LogP contribution in [-0.4, -0.2) is 30.4 Å². The molecular formula is C21H28N2OS. The minimum absolute atomic E-state index is 0.205. The molecule has 0 atom stereocenters. The van der Waals surface area contributed by atoms with Gasteiger partial charge in [-0.2, -0.15) is 11.3 Å². The number of hydrogen-bond acceptors (Lipinski definition) is 3. The maximum absolute atomic E-state index is 12.0. The number of hydrogen-bond donors (Lipinski definition) is 1. The minimum atomic E-state index is 0.205. The van der Waals surface area contributed by atoms with E-state index in [1.54, 1.807) is 11.3 Å². The van der Waals surface area contributed by atoms with Crippen molar-refractivity contribution in [3.8, 4) is 0 Å². The normalized spacial score (nSPS) is 16.0. The number of thiophene rings is 1. The second-order valence-electron chi connectivity index (χ2n) is 6.99. The van der Waals surface area contributed by atoms with Crippen molar-refractivity contribution in [3.63, 3.8) is 0 Å². The Labute approximate surface area is 155 Å². The molecule has 2 heterocycles. The van der Waals surface area contributed by atoms with Crippen LogP contribution in [0.5, 0.6) is 0 Å². The van der Waals surface area contributed by atoms with E-state index in [1.165, 1.54) is 24.0 Å². The molecule has 3 nitrogen and oxygen atoms in total. The molecule has 3 rings (SSSR count). The zero-order chi connectivity index (χ0) is 17.3. The summed E-state index contributed by atoms with van der Waals surface area (Å²) < 4.78 is 0. The van der Waals surface area contributed by atoms with Gasteiger partial charge in [-0.1, -0.05) is 30.3 Å². The lowest BCUT2D eigenvalue weighted by Crippen LogP contribution is -2.38. The van der Waals surface area contributed by atoms with Crippen LogP contribution >= 0.6 is 11.3 Å². The molecule has 1 saturated heterocycles. The molecule has 0 radical (unpaired) electrons. The van der Waals surface area contributed by atoms with Crippen LogP contribution in [0.2, 0.25) is 0 Å². The molecule has 0 aliphatic carbocycles. The molecule has 4 heteroatoms. The van der Waals surface area contributed by atoms with Crippen LogP contribution in [0.3, 0.4) is 0 Å². The number of rotatable bonds is 8. The van der Waals surface area contributed by atoms with Gasteiger partial charge in [0.15, 0.2) is 0 Å². The van der Waals surface area contributed by atoms with Crippen molar-refractivity contribution in [2.75, 3.05) is 19.6 Å². The van der Waals surface area contributed by atoms with Crippen LogP contribution in [0, 0.1) is 5.92 Å². The number of amides is 1. The fourth-order valence-corrected chi connectivity index (χ4v) is 4.09. The summed E-state index contributed by atoms with van der Waals surface area (Å²) >= 11 is 1.77. The summed E-state index contributed by atoms with van der Waals surface area (Å²) in [6, 6.07) is 12.6. The van der Waals surface area contributed by atoms with Gasteiger partial charge in [-0.25, -0.2) is 0 Å². The highest BCUT2D eigenvalue weighted by atomic mass is 32.1. The average Bonchev–Trinajstić information content (AvgIpc) is 3.15. The summed E-state index contributed by atoms with van der Waals surface area (Å²) in [5.74, 6) is 0.841. The lowest BCUT2D eigenvalue weighted by molar-refractivity contribution is -0.121. The van der Waals surface area contributed by atoms with Crippen LogP contribution in [0.1, 0.15) is 36.8 Å². The van der Waals surface area contributed by atoms with Gasteiger partial charge >= 0.3 is 0 Å². The molecule has 1 aromatic carbocycles. The third-order valence-corrected chi connectivity index (χ3v) is 5.73. The predicted molar refractivity (Wildman–Crippen MR) is 105 cm³/mol. The Hall–Kier alpha value is -1.65. The average molecular weight is 357 g/mol. The summed E-state index contributed by atoms with van der Waals surface area (Å²) in [7, 11) is 0. The molecule has 0 spiro atoms. The Bertz CT molecular complexity index is 619. The standard InChI is InChI=1S/C21H28N2OS/c24-21(8-4-7-18-5-2-1-3-6-18)22-15-19-9-12-23(13-10-19)16-20-11-14-25-17-20/h1-3,5-6,11,14,17,19H,4,7-10,12-13,15-16H2,(H,22,24). The number of carbonyl (C=O) groups excluding carboxylic acids is 1. The summed E-state index contributed by atoms with van der Waals surface area (Å²) in [6.45, 7) is 4.20. The molecule has 1 aliphatic rings. The van der Waals surface area contributed by atoms with E-state index in [2.05, 4.69) is 51.3 Å². The van der Waals surface area contributed by atoms with Gasteiger partial charge in [-0.3, -0.25) is 9.69 Å². The van der Waals surface area contributed by atoms with E-state index in [-0.39, 0.29) is 5.91 Å². The van der Waals surface area contributed by atoms with Gasteiger partial charge in [0.05, 0.1) is 0 Å². The van der Waals surface area contributed by atoms with Gasteiger partial charge in [0, 0.05) is 19.5 Å². The van der Waals surface area contributed by atoms with E-state index in [0.717, 1.165) is 39.0 Å². The van der Waals surface area contributed by atoms with Crippen LogP contribution < -0.4 is 5.32 Å². The molecular weight excluding hydrogens is 328 g/mol. The van der Waals surface area contributed by atoms with Crippen molar-refractivity contribution in [2.45, 2.75) is 38.6 Å². The first-order valence-corrected chi connectivity index (χ1v) is 10.3. The van der Waals surface area contributed by atoms with Crippen LogP contribution in [-0.2, 0) is 17.8 Å². The van der Waals surface area contributed by atoms with Gasteiger partial charge in [0.1, 0.15) is 0 Å². The summed E-state index contributed by atoms with van der Waals surface area (Å²) in [4.78, 5) is 14.6. The smallest absolute Gasteiger partial charge is 0.220 e. The number of benzene rings is 1. The van der Waals surface area contributed by atoms with E-state index in [0.29, 0.717) is 12.3 Å². The first-order valence-electron chi connectivity index (χ1n) is 9.33. The summed E-state index contributed by atoms with van der Waals surface area (Å²) in [5.41, 5.74) is 2.74. The first-order chi connectivity index (χ1) is 12.3. The monoisotopic (exact) mass is 356 g/mol.